The van der Waals surface area contributed by atoms with Crippen LogP contribution in [-0.4, -0.2) is 16.2 Å². The molecule has 0 saturated carbocycles. The molecule has 1 atom stereocenters. The zero-order chi connectivity index (χ0) is 15.0. The lowest BCUT2D eigenvalue weighted by molar-refractivity contribution is 0.0661. The van der Waals surface area contributed by atoms with Gasteiger partial charge in [-0.25, -0.2) is 4.79 Å². The van der Waals surface area contributed by atoms with Crippen LogP contribution in [0.15, 0.2) is 59.7 Å². The Labute approximate surface area is 126 Å². The first-order chi connectivity index (χ1) is 10.0. The molecule has 0 bridgehead atoms. The minimum absolute atomic E-state index is 0.104. The number of fused-ring (bicyclic) bond motifs is 1. The topological polar surface area (TPSA) is 57.5 Å². The maximum absolute atomic E-state index is 11.5. The lowest BCUT2D eigenvalue weighted by Crippen LogP contribution is -2.27. The van der Waals surface area contributed by atoms with Gasteiger partial charge in [0.1, 0.15) is 5.60 Å². The van der Waals surface area contributed by atoms with E-state index in [0.717, 1.165) is 10.8 Å². The van der Waals surface area contributed by atoms with Crippen molar-refractivity contribution in [2.24, 2.45) is 0 Å². The molecule has 0 fully saturated rings. The second-order valence-electron chi connectivity index (χ2n) is 5.07. The van der Waals surface area contributed by atoms with Crippen LogP contribution in [0.3, 0.4) is 0 Å². The molecule has 0 aliphatic heterocycles. The first kappa shape index (κ1) is 13.9. The molecule has 0 heterocycles. The largest absolute Gasteiger partial charge is 0.478 e. The van der Waals surface area contributed by atoms with Crippen molar-refractivity contribution >= 4 is 28.3 Å². The smallest absolute Gasteiger partial charge is 0.336 e. The minimum Gasteiger partial charge on any atom is -0.478 e. The van der Waals surface area contributed by atoms with E-state index in [-0.39, 0.29) is 12.0 Å². The summed E-state index contributed by atoms with van der Waals surface area (Å²) in [6.07, 6.45) is 5.09. The Balaban J connectivity index is 2.32. The summed E-state index contributed by atoms with van der Waals surface area (Å²) in [5.41, 5.74) is -0.857. The Morgan fingerprint density at radius 1 is 1.19 bits per heavy atom. The standard InChI is InChI=1S/C17H13ClO3/c18-12-7-9-17(21,10-8-12)15-13-4-2-1-3-11(13)5-6-14(15)16(19)20/h1-9,21H,10H2,(H,19,20). The number of carbonyl (C=O) groups is 1. The molecule has 2 aromatic carbocycles. The normalized spacial score (nSPS) is 21.3. The van der Waals surface area contributed by atoms with E-state index in [1.54, 1.807) is 24.3 Å². The second-order valence-corrected chi connectivity index (χ2v) is 5.50. The van der Waals surface area contributed by atoms with E-state index in [0.29, 0.717) is 10.6 Å². The van der Waals surface area contributed by atoms with Crippen LogP contribution < -0.4 is 0 Å². The lowest BCUT2D eigenvalue weighted by Gasteiger charge is -2.29. The summed E-state index contributed by atoms with van der Waals surface area (Å²) in [6.45, 7) is 0. The zero-order valence-electron chi connectivity index (χ0n) is 11.1. The van der Waals surface area contributed by atoms with Gasteiger partial charge in [0.05, 0.1) is 5.56 Å². The van der Waals surface area contributed by atoms with Gasteiger partial charge in [-0.05, 0) is 29.0 Å². The molecule has 0 saturated heterocycles. The molecule has 106 valence electrons. The summed E-state index contributed by atoms with van der Waals surface area (Å²) < 4.78 is 0. The maximum Gasteiger partial charge on any atom is 0.336 e. The van der Waals surface area contributed by atoms with Crippen molar-refractivity contribution in [1.82, 2.24) is 0 Å². The van der Waals surface area contributed by atoms with Crippen LogP contribution in [0.4, 0.5) is 0 Å². The van der Waals surface area contributed by atoms with Crippen molar-refractivity contribution in [1.29, 1.82) is 0 Å². The Kier molecular flexibility index (Phi) is 3.32. The highest BCUT2D eigenvalue weighted by molar-refractivity contribution is 6.31. The number of hydrogen-bond donors (Lipinski definition) is 2. The van der Waals surface area contributed by atoms with Gasteiger partial charge in [-0.3, -0.25) is 0 Å². The molecule has 21 heavy (non-hydrogen) atoms. The molecule has 3 rings (SSSR count). The number of allylic oxidation sites excluding steroid dienone is 2. The van der Waals surface area contributed by atoms with Crippen LogP contribution in [0.5, 0.6) is 0 Å². The molecular formula is C17H13ClO3. The minimum atomic E-state index is -1.37. The number of aliphatic hydroxyl groups is 1. The molecule has 0 spiro atoms. The van der Waals surface area contributed by atoms with Crippen LogP contribution in [0.2, 0.25) is 0 Å². The molecule has 1 aliphatic rings. The Hall–Kier alpha value is -2.10. The zero-order valence-corrected chi connectivity index (χ0v) is 11.8. The summed E-state index contributed by atoms with van der Waals surface area (Å²) in [7, 11) is 0. The van der Waals surface area contributed by atoms with Crippen LogP contribution >= 0.6 is 11.6 Å². The first-order valence-corrected chi connectivity index (χ1v) is 6.92. The molecule has 2 N–H and O–H groups in total. The molecule has 0 amide bonds. The second kappa shape index (κ2) is 5.02. The molecular weight excluding hydrogens is 288 g/mol. The molecule has 1 aliphatic carbocycles. The Morgan fingerprint density at radius 3 is 2.62 bits per heavy atom. The third kappa shape index (κ3) is 2.35. The van der Waals surface area contributed by atoms with Crippen LogP contribution in [0, 0.1) is 0 Å². The quantitative estimate of drug-likeness (QED) is 0.886. The van der Waals surface area contributed by atoms with E-state index in [2.05, 4.69) is 0 Å². The van der Waals surface area contributed by atoms with Crippen molar-refractivity contribution in [2.45, 2.75) is 12.0 Å². The van der Waals surface area contributed by atoms with Crippen LogP contribution in [0.1, 0.15) is 22.3 Å². The van der Waals surface area contributed by atoms with Crippen LogP contribution in [0.25, 0.3) is 10.8 Å². The van der Waals surface area contributed by atoms with Crippen molar-refractivity contribution in [2.75, 3.05) is 0 Å². The molecule has 2 aromatic rings. The average Bonchev–Trinajstić information content (AvgIpc) is 2.49. The maximum atomic E-state index is 11.5. The summed E-state index contributed by atoms with van der Waals surface area (Å²) in [4.78, 5) is 11.5. The first-order valence-electron chi connectivity index (χ1n) is 6.54. The van der Waals surface area contributed by atoms with E-state index in [1.165, 1.54) is 6.07 Å². The van der Waals surface area contributed by atoms with Gasteiger partial charge < -0.3 is 10.2 Å². The van der Waals surface area contributed by atoms with E-state index in [9.17, 15) is 15.0 Å². The number of hydrogen-bond acceptors (Lipinski definition) is 2. The van der Waals surface area contributed by atoms with Crippen molar-refractivity contribution in [3.8, 4) is 0 Å². The number of carboxylic acids is 1. The van der Waals surface area contributed by atoms with E-state index in [1.807, 2.05) is 24.3 Å². The Morgan fingerprint density at radius 2 is 1.95 bits per heavy atom. The third-order valence-corrected chi connectivity index (χ3v) is 4.00. The van der Waals surface area contributed by atoms with Gasteiger partial charge in [-0.15, -0.1) is 0 Å². The lowest BCUT2D eigenvalue weighted by atomic mass is 9.81. The van der Waals surface area contributed by atoms with E-state index < -0.39 is 11.6 Å². The van der Waals surface area contributed by atoms with Gasteiger partial charge in [-0.1, -0.05) is 48.0 Å². The number of halogens is 1. The summed E-state index contributed by atoms with van der Waals surface area (Å²) in [5, 5.41) is 22.5. The van der Waals surface area contributed by atoms with E-state index >= 15 is 0 Å². The van der Waals surface area contributed by atoms with Gasteiger partial charge in [0.25, 0.3) is 0 Å². The predicted molar refractivity (Wildman–Crippen MR) is 82.5 cm³/mol. The van der Waals surface area contributed by atoms with Crippen LogP contribution in [-0.2, 0) is 5.60 Å². The molecule has 4 heteroatoms. The van der Waals surface area contributed by atoms with Gasteiger partial charge in [-0.2, -0.15) is 0 Å². The Bertz CT molecular complexity index is 792. The summed E-state index contributed by atoms with van der Waals surface area (Å²) >= 11 is 5.90. The molecule has 0 aromatic heterocycles. The SMILES string of the molecule is O=C(O)c1ccc2ccccc2c1C1(O)C=CC(Cl)=CC1. The highest BCUT2D eigenvalue weighted by Gasteiger charge is 2.33. The molecule has 3 nitrogen and oxygen atoms in total. The molecule has 0 radical (unpaired) electrons. The highest BCUT2D eigenvalue weighted by Crippen LogP contribution is 2.38. The number of aromatic carboxylic acids is 1. The van der Waals surface area contributed by atoms with E-state index in [4.69, 9.17) is 11.6 Å². The predicted octanol–water partition coefficient (Wildman–Crippen LogP) is 3.81. The molecule has 1 unspecified atom stereocenters. The fourth-order valence-electron chi connectivity index (χ4n) is 2.71. The van der Waals surface area contributed by atoms with Crippen molar-refractivity contribution < 1.29 is 15.0 Å². The fraction of sp³-hybridized carbons (Fsp3) is 0.118. The monoisotopic (exact) mass is 300 g/mol. The summed E-state index contributed by atoms with van der Waals surface area (Å²) in [5.74, 6) is -1.06. The van der Waals surface area contributed by atoms with Gasteiger partial charge >= 0.3 is 5.97 Å². The summed E-state index contributed by atoms with van der Waals surface area (Å²) in [6, 6.07) is 10.7. The average molecular weight is 301 g/mol. The fourth-order valence-corrected chi connectivity index (χ4v) is 2.85. The number of benzene rings is 2. The van der Waals surface area contributed by atoms with Gasteiger partial charge in [0, 0.05) is 17.0 Å². The number of carboxylic acid groups (broad SMARTS) is 1. The highest BCUT2D eigenvalue weighted by atomic mass is 35.5. The van der Waals surface area contributed by atoms with Crippen molar-refractivity contribution in [3.63, 3.8) is 0 Å². The van der Waals surface area contributed by atoms with Gasteiger partial charge in [0.15, 0.2) is 0 Å². The van der Waals surface area contributed by atoms with Crippen molar-refractivity contribution in [3.05, 3.63) is 70.8 Å². The van der Waals surface area contributed by atoms with Gasteiger partial charge in [0.2, 0.25) is 0 Å². The number of rotatable bonds is 2. The third-order valence-electron chi connectivity index (χ3n) is 3.72.